The van der Waals surface area contributed by atoms with Gasteiger partial charge >= 0.3 is 6.18 Å². The predicted molar refractivity (Wildman–Crippen MR) is 63.2 cm³/mol. The highest BCUT2D eigenvalue weighted by molar-refractivity contribution is 9.10. The number of nitrogens with one attached hydrogen (secondary N) is 1. The minimum atomic E-state index is -4.18. The van der Waals surface area contributed by atoms with Crippen molar-refractivity contribution in [1.29, 1.82) is 0 Å². The molecular weight excluding hydrogens is 299 g/mol. The Morgan fingerprint density at radius 2 is 1.88 bits per heavy atom. The summed E-state index contributed by atoms with van der Waals surface area (Å²) in [6, 6.07) is 7.13. The van der Waals surface area contributed by atoms with E-state index in [1.165, 1.54) is 0 Å². The van der Waals surface area contributed by atoms with Crippen LogP contribution in [0.2, 0.25) is 0 Å². The van der Waals surface area contributed by atoms with Gasteiger partial charge < -0.3 is 10.1 Å². The van der Waals surface area contributed by atoms with Crippen molar-refractivity contribution in [2.24, 2.45) is 0 Å². The topological polar surface area (TPSA) is 21.3 Å². The molecule has 0 aliphatic carbocycles. The molecule has 0 aromatic heterocycles. The fraction of sp³-hybridized carbons (Fsp3) is 0.455. The highest BCUT2D eigenvalue weighted by atomic mass is 79.9. The molecule has 0 aliphatic rings. The third kappa shape index (κ3) is 6.53. The highest BCUT2D eigenvalue weighted by Crippen LogP contribution is 2.17. The average Bonchev–Trinajstić information content (AvgIpc) is 2.19. The van der Waals surface area contributed by atoms with Crippen molar-refractivity contribution in [2.45, 2.75) is 19.2 Å². The molecular formula is C11H13BrF3NO. The molecule has 0 saturated carbocycles. The van der Waals surface area contributed by atoms with Crippen LogP contribution >= 0.6 is 15.9 Å². The van der Waals surface area contributed by atoms with Crippen LogP contribution in [0.15, 0.2) is 28.7 Å². The normalized spacial score (nSPS) is 13.5. The molecule has 1 atom stereocenters. The van der Waals surface area contributed by atoms with E-state index in [0.717, 1.165) is 4.47 Å². The Balaban J connectivity index is 2.30. The van der Waals surface area contributed by atoms with Crippen molar-refractivity contribution in [1.82, 2.24) is 5.32 Å². The molecule has 0 amide bonds. The molecule has 1 aromatic carbocycles. The van der Waals surface area contributed by atoms with Crippen molar-refractivity contribution in [2.75, 3.05) is 13.1 Å². The first-order valence-electron chi connectivity index (χ1n) is 5.06. The van der Waals surface area contributed by atoms with E-state index >= 15 is 0 Å². The van der Waals surface area contributed by atoms with E-state index in [1.54, 1.807) is 19.1 Å². The van der Waals surface area contributed by atoms with E-state index in [9.17, 15) is 13.2 Å². The van der Waals surface area contributed by atoms with Crippen LogP contribution in [-0.4, -0.2) is 25.4 Å². The fourth-order valence-corrected chi connectivity index (χ4v) is 1.47. The van der Waals surface area contributed by atoms with E-state index < -0.39 is 12.7 Å². The van der Waals surface area contributed by atoms with Gasteiger partial charge in [-0.25, -0.2) is 0 Å². The van der Waals surface area contributed by atoms with Gasteiger partial charge in [0, 0.05) is 11.0 Å². The zero-order chi connectivity index (χ0) is 12.9. The smallest absolute Gasteiger partial charge is 0.401 e. The van der Waals surface area contributed by atoms with E-state index in [2.05, 4.69) is 21.2 Å². The molecule has 0 saturated heterocycles. The number of alkyl halides is 3. The Bertz CT molecular complexity index is 340. The van der Waals surface area contributed by atoms with Crippen LogP contribution in [0.1, 0.15) is 6.92 Å². The first-order chi connectivity index (χ1) is 7.87. The molecule has 1 unspecified atom stereocenters. The van der Waals surface area contributed by atoms with Crippen LogP contribution < -0.4 is 10.1 Å². The van der Waals surface area contributed by atoms with Crippen LogP contribution in [0, 0.1) is 0 Å². The Labute approximate surface area is 106 Å². The Morgan fingerprint density at radius 1 is 1.29 bits per heavy atom. The zero-order valence-corrected chi connectivity index (χ0v) is 10.8. The lowest BCUT2D eigenvalue weighted by Crippen LogP contribution is -2.35. The van der Waals surface area contributed by atoms with Gasteiger partial charge in [0.25, 0.3) is 0 Å². The summed E-state index contributed by atoms with van der Waals surface area (Å²) in [5, 5.41) is 2.30. The second-order valence-corrected chi connectivity index (χ2v) is 4.54. The lowest BCUT2D eigenvalue weighted by Gasteiger charge is -2.16. The van der Waals surface area contributed by atoms with Crippen molar-refractivity contribution in [3.05, 3.63) is 28.7 Å². The third-order valence-electron chi connectivity index (χ3n) is 1.91. The molecule has 0 radical (unpaired) electrons. The molecule has 0 heterocycles. The molecule has 1 rings (SSSR count). The van der Waals surface area contributed by atoms with E-state index in [1.807, 2.05) is 12.1 Å². The number of hydrogen-bond donors (Lipinski definition) is 1. The standard InChI is InChI=1S/C11H13BrF3NO/c1-8(6-16-7-11(13,14)15)17-10-4-2-9(12)3-5-10/h2-5,8,16H,6-7H2,1H3. The first kappa shape index (κ1) is 14.3. The van der Waals surface area contributed by atoms with Crippen LogP contribution in [0.3, 0.4) is 0 Å². The summed E-state index contributed by atoms with van der Waals surface area (Å²) < 4.78 is 42.0. The molecule has 96 valence electrons. The van der Waals surface area contributed by atoms with E-state index in [-0.39, 0.29) is 12.6 Å². The SMILES string of the molecule is CC(CNCC(F)(F)F)Oc1ccc(Br)cc1. The predicted octanol–water partition coefficient (Wildman–Crippen LogP) is 3.37. The van der Waals surface area contributed by atoms with Gasteiger partial charge in [0.2, 0.25) is 0 Å². The Morgan fingerprint density at radius 3 is 2.41 bits per heavy atom. The van der Waals surface area contributed by atoms with Gasteiger partial charge in [-0.3, -0.25) is 0 Å². The summed E-state index contributed by atoms with van der Waals surface area (Å²) in [7, 11) is 0. The van der Waals surface area contributed by atoms with Crippen molar-refractivity contribution >= 4 is 15.9 Å². The second kappa shape index (κ2) is 6.26. The summed E-state index contributed by atoms with van der Waals surface area (Å²) >= 11 is 3.28. The molecule has 1 aromatic rings. The average molecular weight is 312 g/mol. The molecule has 0 fully saturated rings. The van der Waals surface area contributed by atoms with Gasteiger partial charge in [-0.05, 0) is 31.2 Å². The lowest BCUT2D eigenvalue weighted by atomic mass is 10.3. The maximum Gasteiger partial charge on any atom is 0.401 e. The summed E-state index contributed by atoms with van der Waals surface area (Å²) in [6.45, 7) is 0.863. The first-order valence-corrected chi connectivity index (χ1v) is 5.86. The summed E-state index contributed by atoms with van der Waals surface area (Å²) in [5.74, 6) is 0.634. The van der Waals surface area contributed by atoms with Crippen molar-refractivity contribution in [3.63, 3.8) is 0 Å². The maximum atomic E-state index is 11.9. The minimum Gasteiger partial charge on any atom is -0.489 e. The maximum absolute atomic E-state index is 11.9. The molecule has 1 N–H and O–H groups in total. The quantitative estimate of drug-likeness (QED) is 0.900. The molecule has 6 heteroatoms. The van der Waals surface area contributed by atoms with Gasteiger partial charge in [-0.1, -0.05) is 15.9 Å². The van der Waals surface area contributed by atoms with Crippen molar-refractivity contribution < 1.29 is 17.9 Å². The Hall–Kier alpha value is -0.750. The van der Waals surface area contributed by atoms with E-state index in [0.29, 0.717) is 5.75 Å². The van der Waals surface area contributed by atoms with Gasteiger partial charge in [0.1, 0.15) is 11.9 Å². The molecule has 0 bridgehead atoms. The number of rotatable bonds is 5. The largest absolute Gasteiger partial charge is 0.489 e. The lowest BCUT2D eigenvalue weighted by molar-refractivity contribution is -0.125. The molecule has 2 nitrogen and oxygen atoms in total. The minimum absolute atomic E-state index is 0.148. The van der Waals surface area contributed by atoms with Crippen LogP contribution in [-0.2, 0) is 0 Å². The number of halogens is 4. The number of ether oxygens (including phenoxy) is 1. The van der Waals surface area contributed by atoms with Gasteiger partial charge in [0.05, 0.1) is 6.54 Å². The molecule has 0 spiro atoms. The molecule has 0 aliphatic heterocycles. The fourth-order valence-electron chi connectivity index (χ4n) is 1.20. The summed E-state index contributed by atoms with van der Waals surface area (Å²) in [5.41, 5.74) is 0. The van der Waals surface area contributed by atoms with Crippen LogP contribution in [0.5, 0.6) is 5.75 Å². The molecule has 17 heavy (non-hydrogen) atoms. The van der Waals surface area contributed by atoms with Gasteiger partial charge in [0.15, 0.2) is 0 Å². The summed E-state index contributed by atoms with van der Waals surface area (Å²) in [4.78, 5) is 0. The summed E-state index contributed by atoms with van der Waals surface area (Å²) in [6.07, 6.45) is -4.50. The third-order valence-corrected chi connectivity index (χ3v) is 2.44. The van der Waals surface area contributed by atoms with Crippen molar-refractivity contribution in [3.8, 4) is 5.75 Å². The zero-order valence-electron chi connectivity index (χ0n) is 9.22. The highest BCUT2D eigenvalue weighted by Gasteiger charge is 2.26. The second-order valence-electron chi connectivity index (χ2n) is 3.63. The van der Waals surface area contributed by atoms with Gasteiger partial charge in [-0.15, -0.1) is 0 Å². The Kier molecular flexibility index (Phi) is 5.27. The van der Waals surface area contributed by atoms with Gasteiger partial charge in [-0.2, -0.15) is 13.2 Å². The number of benzene rings is 1. The van der Waals surface area contributed by atoms with E-state index in [4.69, 9.17) is 4.74 Å². The monoisotopic (exact) mass is 311 g/mol. The van der Waals surface area contributed by atoms with Crippen LogP contribution in [0.25, 0.3) is 0 Å². The number of hydrogen-bond acceptors (Lipinski definition) is 2. The van der Waals surface area contributed by atoms with Crippen LogP contribution in [0.4, 0.5) is 13.2 Å².